The third kappa shape index (κ3) is 2.82. The van der Waals surface area contributed by atoms with Crippen molar-refractivity contribution in [1.82, 2.24) is 0 Å². The first kappa shape index (κ1) is 14.6. The van der Waals surface area contributed by atoms with Gasteiger partial charge >= 0.3 is 6.09 Å². The molecule has 2 aromatic rings. The number of benzene rings is 2. The second kappa shape index (κ2) is 5.81. The quantitative estimate of drug-likeness (QED) is 0.869. The first-order valence-electron chi connectivity index (χ1n) is 6.87. The highest BCUT2D eigenvalue weighted by Crippen LogP contribution is 2.25. The molecule has 114 valence electrons. The number of sulfone groups is 1. The fraction of sp³-hybridized carbons (Fsp3) is 0.188. The molecule has 0 spiro atoms. The summed E-state index contributed by atoms with van der Waals surface area (Å²) in [5.74, 6) is -0.169. The molecular formula is C16H15NO4S. The Bertz CT molecular complexity index is 759. The number of para-hydroxylation sites is 1. The molecule has 1 aliphatic rings. The van der Waals surface area contributed by atoms with Gasteiger partial charge in [-0.2, -0.15) is 0 Å². The largest absolute Gasteiger partial charge is 0.447 e. The van der Waals surface area contributed by atoms with Gasteiger partial charge in [-0.25, -0.2) is 13.2 Å². The summed E-state index contributed by atoms with van der Waals surface area (Å²) < 4.78 is 30.0. The van der Waals surface area contributed by atoms with Crippen molar-refractivity contribution in [2.45, 2.75) is 10.9 Å². The van der Waals surface area contributed by atoms with E-state index >= 15 is 0 Å². The molecule has 1 heterocycles. The van der Waals surface area contributed by atoms with Crippen LogP contribution in [0, 0.1) is 0 Å². The standard InChI is InChI=1S/C16H15NO4S/c18-16-17(13-7-3-1-4-8-13)14(11-21-16)12-22(19,20)15-9-5-2-6-10-15/h1-10,14H,11-12H2/t14-/m0/s1. The van der Waals surface area contributed by atoms with Crippen LogP contribution in [-0.2, 0) is 14.6 Å². The van der Waals surface area contributed by atoms with Gasteiger partial charge in [0, 0.05) is 5.69 Å². The van der Waals surface area contributed by atoms with E-state index in [1.165, 1.54) is 4.90 Å². The summed E-state index contributed by atoms with van der Waals surface area (Å²) in [7, 11) is -3.48. The number of anilines is 1. The SMILES string of the molecule is O=C1OC[C@@H](CS(=O)(=O)c2ccccc2)N1c1ccccc1. The van der Waals surface area contributed by atoms with Crippen molar-refractivity contribution in [2.24, 2.45) is 0 Å². The molecule has 2 aromatic carbocycles. The number of hydrogen-bond donors (Lipinski definition) is 0. The maximum atomic E-state index is 12.5. The molecule has 0 N–H and O–H groups in total. The maximum Gasteiger partial charge on any atom is 0.414 e. The van der Waals surface area contributed by atoms with Crippen LogP contribution in [-0.4, -0.2) is 32.9 Å². The van der Waals surface area contributed by atoms with Gasteiger partial charge in [0.15, 0.2) is 9.84 Å². The number of amides is 1. The third-order valence-electron chi connectivity index (χ3n) is 3.51. The van der Waals surface area contributed by atoms with E-state index in [4.69, 9.17) is 4.74 Å². The lowest BCUT2D eigenvalue weighted by Crippen LogP contribution is -2.38. The second-order valence-electron chi connectivity index (χ2n) is 5.03. The van der Waals surface area contributed by atoms with Crippen LogP contribution >= 0.6 is 0 Å². The summed E-state index contributed by atoms with van der Waals surface area (Å²) in [5.41, 5.74) is 0.637. The fourth-order valence-electron chi connectivity index (χ4n) is 2.47. The summed E-state index contributed by atoms with van der Waals surface area (Å²) >= 11 is 0. The van der Waals surface area contributed by atoms with Crippen molar-refractivity contribution in [3.05, 3.63) is 60.7 Å². The van der Waals surface area contributed by atoms with Crippen molar-refractivity contribution in [2.75, 3.05) is 17.3 Å². The van der Waals surface area contributed by atoms with Crippen LogP contribution < -0.4 is 4.90 Å². The molecule has 0 aliphatic carbocycles. The van der Waals surface area contributed by atoms with E-state index in [9.17, 15) is 13.2 Å². The fourth-order valence-corrected chi connectivity index (χ4v) is 3.98. The van der Waals surface area contributed by atoms with Crippen LogP contribution in [0.4, 0.5) is 10.5 Å². The summed E-state index contributed by atoms with van der Waals surface area (Å²) in [6.07, 6.45) is -0.514. The van der Waals surface area contributed by atoms with Crippen molar-refractivity contribution < 1.29 is 17.9 Å². The zero-order chi connectivity index (χ0) is 15.6. The van der Waals surface area contributed by atoms with Crippen LogP contribution in [0.15, 0.2) is 65.6 Å². The van der Waals surface area contributed by atoms with Gasteiger partial charge in [-0.15, -0.1) is 0 Å². The van der Waals surface area contributed by atoms with E-state index in [-0.39, 0.29) is 17.3 Å². The summed E-state index contributed by atoms with van der Waals surface area (Å²) in [6.45, 7) is 0.0692. The minimum atomic E-state index is -3.48. The molecule has 0 radical (unpaired) electrons. The molecule has 1 amide bonds. The van der Waals surface area contributed by atoms with Crippen molar-refractivity contribution in [1.29, 1.82) is 0 Å². The van der Waals surface area contributed by atoms with Gasteiger partial charge in [0.05, 0.1) is 16.7 Å². The molecule has 22 heavy (non-hydrogen) atoms. The van der Waals surface area contributed by atoms with Crippen LogP contribution in [0.3, 0.4) is 0 Å². The molecule has 0 saturated carbocycles. The average Bonchev–Trinajstić information content (AvgIpc) is 2.89. The monoisotopic (exact) mass is 317 g/mol. The van der Waals surface area contributed by atoms with Crippen molar-refractivity contribution in [3.8, 4) is 0 Å². The predicted octanol–water partition coefficient (Wildman–Crippen LogP) is 2.49. The van der Waals surface area contributed by atoms with Gasteiger partial charge < -0.3 is 4.74 Å². The number of nitrogens with zero attached hydrogens (tertiary/aromatic N) is 1. The number of ether oxygens (including phenoxy) is 1. The van der Waals surface area contributed by atoms with Crippen LogP contribution in [0.1, 0.15) is 0 Å². The zero-order valence-electron chi connectivity index (χ0n) is 11.8. The number of carbonyl (C=O) groups excluding carboxylic acids is 1. The molecule has 5 nitrogen and oxygen atoms in total. The van der Waals surface area contributed by atoms with E-state index in [2.05, 4.69) is 0 Å². The lowest BCUT2D eigenvalue weighted by Gasteiger charge is -2.21. The van der Waals surface area contributed by atoms with E-state index in [1.54, 1.807) is 54.6 Å². The molecule has 1 atom stereocenters. The Kier molecular flexibility index (Phi) is 3.85. The van der Waals surface area contributed by atoms with Crippen LogP contribution in [0.25, 0.3) is 0 Å². The molecule has 3 rings (SSSR count). The van der Waals surface area contributed by atoms with Gasteiger partial charge in [0.1, 0.15) is 6.61 Å². The molecule has 1 fully saturated rings. The van der Waals surface area contributed by atoms with Crippen LogP contribution in [0.5, 0.6) is 0 Å². The second-order valence-corrected chi connectivity index (χ2v) is 7.06. The zero-order valence-corrected chi connectivity index (χ0v) is 12.6. The van der Waals surface area contributed by atoms with Gasteiger partial charge in [-0.05, 0) is 24.3 Å². The minimum Gasteiger partial charge on any atom is -0.447 e. The van der Waals surface area contributed by atoms with E-state index in [0.29, 0.717) is 5.69 Å². The molecule has 1 saturated heterocycles. The predicted molar refractivity (Wildman–Crippen MR) is 82.6 cm³/mol. The summed E-state index contributed by atoms with van der Waals surface area (Å²) in [5, 5.41) is 0. The Morgan fingerprint density at radius 1 is 1.00 bits per heavy atom. The molecule has 1 aliphatic heterocycles. The Balaban J connectivity index is 1.87. The number of cyclic esters (lactones) is 1. The summed E-state index contributed by atoms with van der Waals surface area (Å²) in [4.78, 5) is 13.6. The first-order valence-corrected chi connectivity index (χ1v) is 8.52. The molecule has 6 heteroatoms. The molecular weight excluding hydrogens is 302 g/mol. The summed E-state index contributed by atoms with van der Waals surface area (Å²) in [6, 6.07) is 16.6. The highest BCUT2D eigenvalue weighted by atomic mass is 32.2. The highest BCUT2D eigenvalue weighted by molar-refractivity contribution is 7.91. The Hall–Kier alpha value is -2.34. The molecule has 0 unspecified atom stereocenters. The van der Waals surface area contributed by atoms with Gasteiger partial charge in [0.2, 0.25) is 0 Å². The van der Waals surface area contributed by atoms with Crippen molar-refractivity contribution in [3.63, 3.8) is 0 Å². The third-order valence-corrected chi connectivity index (χ3v) is 5.32. The highest BCUT2D eigenvalue weighted by Gasteiger charge is 2.37. The Morgan fingerprint density at radius 3 is 2.23 bits per heavy atom. The Labute approximate surface area is 129 Å². The average molecular weight is 317 g/mol. The maximum absolute atomic E-state index is 12.5. The van der Waals surface area contributed by atoms with Crippen molar-refractivity contribution >= 4 is 21.6 Å². The first-order chi connectivity index (χ1) is 10.6. The smallest absolute Gasteiger partial charge is 0.414 e. The minimum absolute atomic E-state index is 0.0692. The number of hydrogen-bond acceptors (Lipinski definition) is 4. The number of carbonyl (C=O) groups is 1. The molecule has 0 aromatic heterocycles. The van der Waals surface area contributed by atoms with Gasteiger partial charge in [-0.3, -0.25) is 4.90 Å². The van der Waals surface area contributed by atoms with E-state index in [0.717, 1.165) is 0 Å². The number of rotatable bonds is 4. The van der Waals surface area contributed by atoms with Gasteiger partial charge in [-0.1, -0.05) is 36.4 Å². The normalized spacial score (nSPS) is 18.3. The van der Waals surface area contributed by atoms with Gasteiger partial charge in [0.25, 0.3) is 0 Å². The molecule has 0 bridgehead atoms. The topological polar surface area (TPSA) is 63.7 Å². The van der Waals surface area contributed by atoms with E-state index in [1.807, 2.05) is 6.07 Å². The van der Waals surface area contributed by atoms with E-state index < -0.39 is 22.0 Å². The Morgan fingerprint density at radius 2 is 1.59 bits per heavy atom. The van der Waals surface area contributed by atoms with Crippen LogP contribution in [0.2, 0.25) is 0 Å². The lowest BCUT2D eigenvalue weighted by molar-refractivity contribution is 0.179. The lowest BCUT2D eigenvalue weighted by atomic mass is 10.2.